The van der Waals surface area contributed by atoms with Gasteiger partial charge < -0.3 is 13.4 Å². The Hall–Kier alpha value is -7.83. The van der Waals surface area contributed by atoms with Gasteiger partial charge in [0.15, 0.2) is 23.1 Å². The Kier molecular flexibility index (Phi) is 6.83. The maximum absolute atomic E-state index is 6.62. The molecule has 8 aromatic carbocycles. The lowest BCUT2D eigenvalue weighted by molar-refractivity contribution is 0.669. The number of para-hydroxylation sites is 2. The van der Waals surface area contributed by atoms with Gasteiger partial charge in [0.1, 0.15) is 16.7 Å². The van der Waals surface area contributed by atoms with Crippen LogP contribution in [0.3, 0.4) is 0 Å². The summed E-state index contributed by atoms with van der Waals surface area (Å²) in [7, 11) is 0. The zero-order valence-electron chi connectivity index (χ0n) is 30.4. The molecule has 0 unspecified atom stereocenters. The van der Waals surface area contributed by atoms with Gasteiger partial charge in [-0.05, 0) is 59.7 Å². The number of rotatable bonds is 5. The molecule has 0 fully saturated rings. The molecular formula is C51H30N4O2. The van der Waals surface area contributed by atoms with E-state index in [2.05, 4.69) is 120 Å². The van der Waals surface area contributed by atoms with E-state index < -0.39 is 0 Å². The molecule has 0 aliphatic rings. The maximum atomic E-state index is 6.62. The number of fused-ring (bicyclic) bond motifs is 10. The third-order valence-corrected chi connectivity index (χ3v) is 11.0. The SMILES string of the molecule is c1ccc(-c2nc(-c3cccc(-n4c5ccccc5c5ccc6c7ccccc7oc6c54)c3)nc(-c3ccc4c(c3)oc3cccc(-c5ccccc5)c34)n2)cc1. The topological polar surface area (TPSA) is 69.9 Å². The first-order chi connectivity index (χ1) is 28.2. The van der Waals surface area contributed by atoms with E-state index >= 15 is 0 Å². The molecule has 0 radical (unpaired) electrons. The normalized spacial score (nSPS) is 11.9. The van der Waals surface area contributed by atoms with Gasteiger partial charge in [-0.15, -0.1) is 0 Å². The lowest BCUT2D eigenvalue weighted by Gasteiger charge is -2.12. The van der Waals surface area contributed by atoms with Crippen molar-refractivity contribution in [1.82, 2.24) is 19.5 Å². The molecule has 0 amide bonds. The Morgan fingerprint density at radius 3 is 1.81 bits per heavy atom. The fourth-order valence-corrected chi connectivity index (χ4v) is 8.46. The molecule has 4 heterocycles. The van der Waals surface area contributed by atoms with Gasteiger partial charge in [0, 0.05) is 54.7 Å². The molecule has 266 valence electrons. The fraction of sp³-hybridized carbons (Fsp3) is 0. The average molecular weight is 731 g/mol. The maximum Gasteiger partial charge on any atom is 0.164 e. The van der Waals surface area contributed by atoms with Gasteiger partial charge in [-0.25, -0.2) is 15.0 Å². The molecule has 12 aromatic rings. The zero-order chi connectivity index (χ0) is 37.5. The van der Waals surface area contributed by atoms with Crippen LogP contribution in [0.1, 0.15) is 0 Å². The van der Waals surface area contributed by atoms with Crippen molar-refractivity contribution in [2.24, 2.45) is 0 Å². The Morgan fingerprint density at radius 2 is 0.982 bits per heavy atom. The van der Waals surface area contributed by atoms with E-state index in [1.54, 1.807) is 0 Å². The van der Waals surface area contributed by atoms with Crippen molar-refractivity contribution < 1.29 is 8.83 Å². The number of benzene rings is 8. The summed E-state index contributed by atoms with van der Waals surface area (Å²) in [5, 5.41) is 6.62. The van der Waals surface area contributed by atoms with Crippen LogP contribution in [0.25, 0.3) is 117 Å². The summed E-state index contributed by atoms with van der Waals surface area (Å²) in [6.07, 6.45) is 0. The van der Waals surface area contributed by atoms with Gasteiger partial charge in [-0.2, -0.15) is 0 Å². The Bertz CT molecular complexity index is 3530. The minimum absolute atomic E-state index is 0.566. The summed E-state index contributed by atoms with van der Waals surface area (Å²) in [6.45, 7) is 0. The van der Waals surface area contributed by atoms with Crippen molar-refractivity contribution >= 4 is 65.7 Å². The van der Waals surface area contributed by atoms with E-state index in [4.69, 9.17) is 23.8 Å². The number of furan rings is 2. The predicted octanol–water partition coefficient (Wildman–Crippen LogP) is 13.4. The van der Waals surface area contributed by atoms with Gasteiger partial charge in [-0.1, -0.05) is 133 Å². The molecule has 0 aliphatic carbocycles. The van der Waals surface area contributed by atoms with Gasteiger partial charge in [0.25, 0.3) is 0 Å². The van der Waals surface area contributed by atoms with Crippen LogP contribution in [-0.4, -0.2) is 19.5 Å². The van der Waals surface area contributed by atoms with E-state index in [0.29, 0.717) is 17.5 Å². The Balaban J connectivity index is 1.05. The summed E-state index contributed by atoms with van der Waals surface area (Å²) in [6, 6.07) is 62.6. The molecule has 0 N–H and O–H groups in total. The first kappa shape index (κ1) is 31.5. The third-order valence-electron chi connectivity index (χ3n) is 11.0. The van der Waals surface area contributed by atoms with Gasteiger partial charge in [0.05, 0.1) is 11.0 Å². The van der Waals surface area contributed by atoms with E-state index in [9.17, 15) is 0 Å². The molecule has 0 atom stereocenters. The molecule has 57 heavy (non-hydrogen) atoms. The van der Waals surface area contributed by atoms with Crippen LogP contribution < -0.4 is 0 Å². The van der Waals surface area contributed by atoms with Gasteiger partial charge in [0.2, 0.25) is 0 Å². The minimum atomic E-state index is 0.566. The third kappa shape index (κ3) is 4.94. The molecule has 0 aliphatic heterocycles. The van der Waals surface area contributed by atoms with Crippen LogP contribution in [0.4, 0.5) is 0 Å². The second kappa shape index (κ2) is 12.3. The first-order valence-electron chi connectivity index (χ1n) is 19.0. The number of aromatic nitrogens is 4. The average Bonchev–Trinajstić information content (AvgIpc) is 3.96. The van der Waals surface area contributed by atoms with Crippen molar-refractivity contribution in [1.29, 1.82) is 0 Å². The van der Waals surface area contributed by atoms with Crippen molar-refractivity contribution in [3.05, 3.63) is 182 Å². The molecule has 0 bridgehead atoms. The molecular weight excluding hydrogens is 701 g/mol. The Labute approximate surface area is 325 Å². The molecule has 0 saturated heterocycles. The summed E-state index contributed by atoms with van der Waals surface area (Å²) < 4.78 is 15.4. The van der Waals surface area contributed by atoms with E-state index in [1.165, 1.54) is 0 Å². The molecule has 0 spiro atoms. The highest BCUT2D eigenvalue weighted by Crippen LogP contribution is 2.41. The van der Waals surface area contributed by atoms with Crippen LogP contribution >= 0.6 is 0 Å². The second-order valence-electron chi connectivity index (χ2n) is 14.4. The largest absolute Gasteiger partial charge is 0.456 e. The molecule has 12 rings (SSSR count). The van der Waals surface area contributed by atoms with Crippen molar-refractivity contribution in [3.8, 4) is 51.0 Å². The molecule has 4 aromatic heterocycles. The zero-order valence-corrected chi connectivity index (χ0v) is 30.4. The van der Waals surface area contributed by atoms with Crippen LogP contribution in [0.2, 0.25) is 0 Å². The van der Waals surface area contributed by atoms with Crippen molar-refractivity contribution in [2.45, 2.75) is 0 Å². The van der Waals surface area contributed by atoms with E-state index in [1.807, 2.05) is 66.7 Å². The standard InChI is InChI=1S/C51H30N4O2/c1-3-13-31(14-4-1)36-21-12-24-44-46(36)41-26-25-34(30-45(41)56-44)51-53-49(32-15-5-2-6-16-32)52-50(54-51)33-17-11-18-35(29-33)55-42-22-9-7-19-37(42)39-27-28-40-38-20-8-10-23-43(38)57-48(40)47(39)55/h1-30H. The first-order valence-corrected chi connectivity index (χ1v) is 19.0. The summed E-state index contributed by atoms with van der Waals surface area (Å²) in [5.41, 5.74) is 11.3. The lowest BCUT2D eigenvalue weighted by atomic mass is 9.99. The van der Waals surface area contributed by atoms with Crippen LogP contribution in [0, 0.1) is 0 Å². The molecule has 0 saturated carbocycles. The highest BCUT2D eigenvalue weighted by molar-refractivity contribution is 6.21. The minimum Gasteiger partial charge on any atom is -0.456 e. The van der Waals surface area contributed by atoms with E-state index in [0.717, 1.165) is 99.2 Å². The van der Waals surface area contributed by atoms with Crippen LogP contribution in [0.5, 0.6) is 0 Å². The summed E-state index contributed by atoms with van der Waals surface area (Å²) in [4.78, 5) is 15.3. The fourth-order valence-electron chi connectivity index (χ4n) is 8.46. The quantitative estimate of drug-likeness (QED) is 0.176. The summed E-state index contributed by atoms with van der Waals surface area (Å²) in [5.74, 6) is 1.74. The monoisotopic (exact) mass is 730 g/mol. The van der Waals surface area contributed by atoms with Gasteiger partial charge in [-0.3, -0.25) is 0 Å². The van der Waals surface area contributed by atoms with Crippen LogP contribution in [-0.2, 0) is 0 Å². The second-order valence-corrected chi connectivity index (χ2v) is 14.4. The van der Waals surface area contributed by atoms with Crippen molar-refractivity contribution in [2.75, 3.05) is 0 Å². The number of hydrogen-bond acceptors (Lipinski definition) is 5. The number of hydrogen-bond donors (Lipinski definition) is 0. The van der Waals surface area contributed by atoms with Crippen molar-refractivity contribution in [3.63, 3.8) is 0 Å². The smallest absolute Gasteiger partial charge is 0.164 e. The van der Waals surface area contributed by atoms with Crippen LogP contribution in [0.15, 0.2) is 191 Å². The lowest BCUT2D eigenvalue weighted by Crippen LogP contribution is -2.01. The predicted molar refractivity (Wildman–Crippen MR) is 230 cm³/mol. The highest BCUT2D eigenvalue weighted by atomic mass is 16.3. The van der Waals surface area contributed by atoms with E-state index in [-0.39, 0.29) is 0 Å². The van der Waals surface area contributed by atoms with Gasteiger partial charge >= 0.3 is 0 Å². The summed E-state index contributed by atoms with van der Waals surface area (Å²) >= 11 is 0. The molecule has 6 nitrogen and oxygen atoms in total. The number of nitrogens with zero attached hydrogens (tertiary/aromatic N) is 4. The molecule has 6 heteroatoms. The Morgan fingerprint density at radius 1 is 0.368 bits per heavy atom. The highest BCUT2D eigenvalue weighted by Gasteiger charge is 2.21.